The number of para-hydroxylation sites is 1. The highest BCUT2D eigenvalue weighted by Gasteiger charge is 2.25. The molecule has 0 radical (unpaired) electrons. The summed E-state index contributed by atoms with van der Waals surface area (Å²) in [5.41, 5.74) is 4.47. The van der Waals surface area contributed by atoms with Crippen molar-refractivity contribution in [1.82, 2.24) is 9.88 Å². The summed E-state index contributed by atoms with van der Waals surface area (Å²) in [6, 6.07) is 16.8. The molecular weight excluding hydrogens is 494 g/mol. The molecule has 4 rings (SSSR count). The molecule has 2 N–H and O–H groups in total. The quantitative estimate of drug-likeness (QED) is 0.316. The van der Waals surface area contributed by atoms with Crippen molar-refractivity contribution in [2.45, 2.75) is 64.9 Å². The third-order valence-electron chi connectivity index (χ3n) is 7.11. The number of nitrogens with zero attached hydrogens (tertiary/aromatic N) is 2. The molecule has 2 amide bonds. The van der Waals surface area contributed by atoms with Crippen molar-refractivity contribution in [3.8, 4) is 0 Å². The zero-order valence-corrected chi connectivity index (χ0v) is 22.6. The Kier molecular flexibility index (Phi) is 10.1. The maximum atomic E-state index is 13.2. The molecule has 1 aromatic heterocycles. The Hall–Kier alpha value is -3.75. The first-order valence-electron chi connectivity index (χ1n) is 13.5. The molecule has 0 aliphatic heterocycles. The van der Waals surface area contributed by atoms with E-state index in [0.717, 1.165) is 48.1 Å². The predicted molar refractivity (Wildman–Crippen MR) is 150 cm³/mol. The molecule has 0 unspecified atom stereocenters. The van der Waals surface area contributed by atoms with Gasteiger partial charge in [-0.05, 0) is 73.9 Å². The van der Waals surface area contributed by atoms with Crippen LogP contribution >= 0.6 is 0 Å². The van der Waals surface area contributed by atoms with Crippen LogP contribution in [0.2, 0.25) is 0 Å². The maximum Gasteiger partial charge on any atom is 0.336 e. The second-order valence-electron chi connectivity index (χ2n) is 10.0. The lowest BCUT2D eigenvalue weighted by molar-refractivity contribution is -0.0524. The SMILES string of the molecule is Cc1ccccc1NC(=O)N(CCO[C@H]1CCC[C@@H](OCc2cccc(C)c2C(=O)O)C1)Cc1cccnc1. The molecule has 1 fully saturated rings. The molecule has 206 valence electrons. The van der Waals surface area contributed by atoms with Crippen LogP contribution in [0.15, 0.2) is 67.0 Å². The normalized spacial score (nSPS) is 17.0. The fraction of sp³-hybridized carbons (Fsp3) is 0.387. The largest absolute Gasteiger partial charge is 0.478 e. The monoisotopic (exact) mass is 531 g/mol. The molecule has 0 spiro atoms. The van der Waals surface area contributed by atoms with Crippen LogP contribution in [0.5, 0.6) is 0 Å². The van der Waals surface area contributed by atoms with Crippen molar-refractivity contribution in [2.24, 2.45) is 0 Å². The summed E-state index contributed by atoms with van der Waals surface area (Å²) < 4.78 is 12.4. The summed E-state index contributed by atoms with van der Waals surface area (Å²) in [4.78, 5) is 30.8. The summed E-state index contributed by atoms with van der Waals surface area (Å²) in [5, 5.41) is 12.6. The van der Waals surface area contributed by atoms with E-state index in [-0.39, 0.29) is 24.8 Å². The molecular formula is C31H37N3O5. The number of aromatic carboxylic acids is 1. The van der Waals surface area contributed by atoms with Crippen LogP contribution in [0.3, 0.4) is 0 Å². The Labute approximate surface area is 230 Å². The molecule has 1 aliphatic carbocycles. The lowest BCUT2D eigenvalue weighted by Gasteiger charge is -2.30. The Morgan fingerprint density at radius 1 is 1.00 bits per heavy atom. The van der Waals surface area contributed by atoms with Crippen LogP contribution in [0.4, 0.5) is 10.5 Å². The Bertz CT molecular complexity index is 1250. The lowest BCUT2D eigenvalue weighted by atomic mass is 9.94. The van der Waals surface area contributed by atoms with Gasteiger partial charge < -0.3 is 24.8 Å². The number of anilines is 1. The average molecular weight is 532 g/mol. The number of carbonyl (C=O) groups is 2. The summed E-state index contributed by atoms with van der Waals surface area (Å²) in [7, 11) is 0. The first kappa shape index (κ1) is 28.3. The Morgan fingerprint density at radius 2 is 1.77 bits per heavy atom. The van der Waals surface area contributed by atoms with Gasteiger partial charge in [-0.25, -0.2) is 9.59 Å². The molecule has 3 aromatic rings. The number of carboxylic acid groups (broad SMARTS) is 1. The molecule has 8 nitrogen and oxygen atoms in total. The van der Waals surface area contributed by atoms with Crippen LogP contribution < -0.4 is 5.32 Å². The number of aromatic nitrogens is 1. The van der Waals surface area contributed by atoms with Gasteiger partial charge in [0.2, 0.25) is 0 Å². The van der Waals surface area contributed by atoms with Crippen LogP contribution in [-0.2, 0) is 22.6 Å². The maximum absolute atomic E-state index is 13.2. The third kappa shape index (κ3) is 8.12. The first-order chi connectivity index (χ1) is 18.9. The van der Waals surface area contributed by atoms with Gasteiger partial charge in [0.25, 0.3) is 0 Å². The minimum absolute atomic E-state index is 0.00163. The van der Waals surface area contributed by atoms with Crippen LogP contribution in [0.1, 0.15) is 58.3 Å². The number of urea groups is 1. The second kappa shape index (κ2) is 13.9. The van der Waals surface area contributed by atoms with Gasteiger partial charge in [0, 0.05) is 31.2 Å². The molecule has 39 heavy (non-hydrogen) atoms. The lowest BCUT2D eigenvalue weighted by Crippen LogP contribution is -2.38. The molecule has 1 saturated carbocycles. The number of amides is 2. The van der Waals surface area contributed by atoms with Gasteiger partial charge in [0.05, 0.1) is 31.0 Å². The zero-order valence-electron chi connectivity index (χ0n) is 22.6. The standard InChI is InChI=1S/C31H37N3O5/c1-22-8-3-4-14-28(22)33-31(37)34(20-24-10-7-15-32-19-24)16-17-38-26-12-6-13-27(18-26)39-21-25-11-5-9-23(2)29(25)30(35)36/h3-5,7-11,14-15,19,26-27H,6,12-13,16-18,20-21H2,1-2H3,(H,33,37)(H,35,36)/t26-,27+/m0/s1. The predicted octanol–water partition coefficient (Wildman–Crippen LogP) is 5.98. The summed E-state index contributed by atoms with van der Waals surface area (Å²) >= 11 is 0. The number of benzene rings is 2. The van der Waals surface area contributed by atoms with Gasteiger partial charge in [-0.2, -0.15) is 0 Å². The molecule has 2 aromatic carbocycles. The van der Waals surface area contributed by atoms with E-state index < -0.39 is 5.97 Å². The summed E-state index contributed by atoms with van der Waals surface area (Å²) in [5.74, 6) is -0.932. The highest BCUT2D eigenvalue weighted by atomic mass is 16.5. The van der Waals surface area contributed by atoms with Crippen molar-refractivity contribution >= 4 is 17.7 Å². The third-order valence-corrected chi connectivity index (χ3v) is 7.11. The van der Waals surface area contributed by atoms with Gasteiger partial charge in [-0.3, -0.25) is 4.98 Å². The number of pyridine rings is 1. The van der Waals surface area contributed by atoms with E-state index in [1.165, 1.54) is 0 Å². The number of nitrogens with one attached hydrogen (secondary N) is 1. The van der Waals surface area contributed by atoms with Crippen molar-refractivity contribution in [3.05, 3.63) is 94.8 Å². The molecule has 2 atom stereocenters. The Morgan fingerprint density at radius 3 is 2.51 bits per heavy atom. The van der Waals surface area contributed by atoms with Gasteiger partial charge in [0.15, 0.2) is 0 Å². The number of carbonyl (C=O) groups excluding carboxylic acids is 1. The minimum atomic E-state index is -0.932. The van der Waals surface area contributed by atoms with Crippen LogP contribution in [0, 0.1) is 13.8 Å². The van der Waals surface area contributed by atoms with Crippen molar-refractivity contribution < 1.29 is 24.2 Å². The van der Waals surface area contributed by atoms with Crippen LogP contribution in [-0.4, -0.2) is 52.4 Å². The summed E-state index contributed by atoms with van der Waals surface area (Å²) in [6.45, 7) is 5.29. The first-order valence-corrected chi connectivity index (χ1v) is 13.5. The van der Waals surface area contributed by atoms with E-state index in [1.807, 2.05) is 55.5 Å². The average Bonchev–Trinajstić information content (AvgIpc) is 2.93. The van der Waals surface area contributed by atoms with Gasteiger partial charge in [-0.1, -0.05) is 42.5 Å². The van der Waals surface area contributed by atoms with Gasteiger partial charge >= 0.3 is 12.0 Å². The molecule has 1 aliphatic rings. The highest BCUT2D eigenvalue weighted by Crippen LogP contribution is 2.26. The highest BCUT2D eigenvalue weighted by molar-refractivity contribution is 5.91. The van der Waals surface area contributed by atoms with E-state index >= 15 is 0 Å². The number of aryl methyl sites for hydroxylation is 2. The number of ether oxygens (including phenoxy) is 2. The smallest absolute Gasteiger partial charge is 0.336 e. The Balaban J connectivity index is 1.31. The van der Waals surface area contributed by atoms with E-state index in [2.05, 4.69) is 10.3 Å². The van der Waals surface area contributed by atoms with E-state index in [9.17, 15) is 14.7 Å². The topological polar surface area (TPSA) is 101 Å². The van der Waals surface area contributed by atoms with Gasteiger partial charge in [-0.15, -0.1) is 0 Å². The number of rotatable bonds is 11. The van der Waals surface area contributed by atoms with Crippen LogP contribution in [0.25, 0.3) is 0 Å². The number of hydrogen-bond acceptors (Lipinski definition) is 5. The molecule has 8 heteroatoms. The molecule has 1 heterocycles. The molecule has 0 saturated heterocycles. The van der Waals surface area contributed by atoms with Crippen molar-refractivity contribution in [1.29, 1.82) is 0 Å². The number of hydrogen-bond donors (Lipinski definition) is 2. The fourth-order valence-electron chi connectivity index (χ4n) is 4.97. The van der Waals surface area contributed by atoms with Gasteiger partial charge in [0.1, 0.15) is 0 Å². The van der Waals surface area contributed by atoms with E-state index in [1.54, 1.807) is 30.3 Å². The molecule has 0 bridgehead atoms. The minimum Gasteiger partial charge on any atom is -0.478 e. The zero-order chi connectivity index (χ0) is 27.6. The van der Waals surface area contributed by atoms with E-state index in [4.69, 9.17) is 9.47 Å². The summed E-state index contributed by atoms with van der Waals surface area (Å²) in [6.07, 6.45) is 7.08. The fourth-order valence-corrected chi connectivity index (χ4v) is 4.97. The van der Waals surface area contributed by atoms with Crippen molar-refractivity contribution in [3.63, 3.8) is 0 Å². The van der Waals surface area contributed by atoms with E-state index in [0.29, 0.717) is 30.8 Å². The van der Waals surface area contributed by atoms with Crippen molar-refractivity contribution in [2.75, 3.05) is 18.5 Å². The number of carboxylic acids is 1. The second-order valence-corrected chi connectivity index (χ2v) is 10.0.